The number of hydrogen-bond acceptors (Lipinski definition) is 5. The summed E-state index contributed by atoms with van der Waals surface area (Å²) < 4.78 is 16.0. The Bertz CT molecular complexity index is 735. The molecule has 0 radical (unpaired) electrons. The molecule has 2 aromatic rings. The lowest BCUT2D eigenvalue weighted by Gasteiger charge is -2.17. The fraction of sp³-hybridized carbons (Fsp3) is 0.300. The summed E-state index contributed by atoms with van der Waals surface area (Å²) in [5.74, 6) is 1.70. The molecule has 2 rings (SSSR count). The van der Waals surface area contributed by atoms with Crippen LogP contribution < -0.4 is 14.2 Å². The van der Waals surface area contributed by atoms with Crippen LogP contribution in [0.25, 0.3) is 6.08 Å². The van der Waals surface area contributed by atoms with Gasteiger partial charge in [0.25, 0.3) is 0 Å². The fourth-order valence-electron chi connectivity index (χ4n) is 2.46. The zero-order chi connectivity index (χ0) is 18.9. The van der Waals surface area contributed by atoms with Crippen LogP contribution in [0, 0.1) is 0 Å². The first kappa shape index (κ1) is 19.3. The summed E-state index contributed by atoms with van der Waals surface area (Å²) in [6.07, 6.45) is 7.37. The van der Waals surface area contributed by atoms with Gasteiger partial charge in [0.1, 0.15) is 0 Å². The molecule has 26 heavy (non-hydrogen) atoms. The maximum Gasteiger partial charge on any atom is 0.246 e. The third-order valence-corrected chi connectivity index (χ3v) is 3.94. The summed E-state index contributed by atoms with van der Waals surface area (Å²) in [7, 11) is 6.51. The summed E-state index contributed by atoms with van der Waals surface area (Å²) >= 11 is 0. The highest BCUT2D eigenvalue weighted by atomic mass is 16.5. The van der Waals surface area contributed by atoms with Crippen LogP contribution in [-0.2, 0) is 11.2 Å². The van der Waals surface area contributed by atoms with Crippen molar-refractivity contribution in [1.29, 1.82) is 0 Å². The molecule has 6 heteroatoms. The van der Waals surface area contributed by atoms with Crippen molar-refractivity contribution >= 4 is 12.0 Å². The summed E-state index contributed by atoms with van der Waals surface area (Å²) in [6.45, 7) is 0.564. The lowest BCUT2D eigenvalue weighted by molar-refractivity contribution is -0.124. The Hall–Kier alpha value is -3.02. The van der Waals surface area contributed by atoms with Crippen LogP contribution in [0.5, 0.6) is 17.2 Å². The second kappa shape index (κ2) is 9.46. The van der Waals surface area contributed by atoms with Gasteiger partial charge in [-0.2, -0.15) is 0 Å². The van der Waals surface area contributed by atoms with Gasteiger partial charge in [-0.05, 0) is 41.8 Å². The minimum atomic E-state index is -0.0682. The number of methoxy groups -OCH3 is 3. The summed E-state index contributed by atoms with van der Waals surface area (Å²) in [6, 6.07) is 7.52. The van der Waals surface area contributed by atoms with Gasteiger partial charge in [0.15, 0.2) is 11.5 Å². The molecule has 1 aromatic carbocycles. The van der Waals surface area contributed by atoms with Crippen molar-refractivity contribution in [3.05, 3.63) is 53.9 Å². The van der Waals surface area contributed by atoms with E-state index in [0.29, 0.717) is 30.2 Å². The van der Waals surface area contributed by atoms with Gasteiger partial charge >= 0.3 is 0 Å². The van der Waals surface area contributed by atoms with Gasteiger partial charge in [0, 0.05) is 32.1 Å². The van der Waals surface area contributed by atoms with Crippen LogP contribution in [0.2, 0.25) is 0 Å². The predicted molar refractivity (Wildman–Crippen MR) is 101 cm³/mol. The number of hydrogen-bond donors (Lipinski definition) is 0. The largest absolute Gasteiger partial charge is 0.493 e. The van der Waals surface area contributed by atoms with Crippen molar-refractivity contribution in [3.8, 4) is 17.2 Å². The van der Waals surface area contributed by atoms with Crippen LogP contribution in [0.3, 0.4) is 0 Å². The van der Waals surface area contributed by atoms with Crippen molar-refractivity contribution in [2.75, 3.05) is 34.9 Å². The van der Waals surface area contributed by atoms with E-state index in [1.165, 1.54) is 0 Å². The fourth-order valence-corrected chi connectivity index (χ4v) is 2.46. The molecule has 6 nitrogen and oxygen atoms in total. The molecule has 0 fully saturated rings. The summed E-state index contributed by atoms with van der Waals surface area (Å²) in [4.78, 5) is 17.9. The number of ether oxygens (including phenoxy) is 3. The number of carbonyl (C=O) groups is 1. The zero-order valence-corrected chi connectivity index (χ0v) is 15.6. The molecule has 0 unspecified atom stereocenters. The molecule has 0 aliphatic carbocycles. The van der Waals surface area contributed by atoms with Gasteiger partial charge < -0.3 is 19.1 Å². The quantitative estimate of drug-likeness (QED) is 0.681. The lowest BCUT2D eigenvalue weighted by Crippen LogP contribution is -2.27. The Morgan fingerprint density at radius 3 is 2.38 bits per heavy atom. The first-order valence-electron chi connectivity index (χ1n) is 8.21. The Morgan fingerprint density at radius 1 is 1.15 bits per heavy atom. The lowest BCUT2D eigenvalue weighted by atomic mass is 10.1. The third-order valence-electron chi connectivity index (χ3n) is 3.94. The van der Waals surface area contributed by atoms with Crippen molar-refractivity contribution in [2.45, 2.75) is 6.42 Å². The number of rotatable bonds is 8. The average molecular weight is 356 g/mol. The van der Waals surface area contributed by atoms with E-state index in [4.69, 9.17) is 14.2 Å². The maximum atomic E-state index is 12.2. The monoisotopic (exact) mass is 356 g/mol. The van der Waals surface area contributed by atoms with Crippen molar-refractivity contribution in [3.63, 3.8) is 0 Å². The molecule has 1 amide bonds. The Kier molecular flexibility index (Phi) is 7.02. The van der Waals surface area contributed by atoms with Crippen LogP contribution in [-0.4, -0.2) is 50.7 Å². The molecule has 138 valence electrons. The maximum absolute atomic E-state index is 12.2. The molecule has 0 N–H and O–H groups in total. The number of pyridine rings is 1. The second-order valence-corrected chi connectivity index (χ2v) is 5.66. The molecule has 0 aliphatic rings. The minimum Gasteiger partial charge on any atom is -0.493 e. The summed E-state index contributed by atoms with van der Waals surface area (Å²) in [5.41, 5.74) is 1.88. The second-order valence-electron chi connectivity index (χ2n) is 5.66. The molecule has 0 aliphatic heterocycles. The van der Waals surface area contributed by atoms with Crippen LogP contribution in [0.1, 0.15) is 11.1 Å². The van der Waals surface area contributed by atoms with E-state index in [1.807, 2.05) is 24.3 Å². The molecular formula is C20H24N2O4. The van der Waals surface area contributed by atoms with E-state index in [9.17, 15) is 4.79 Å². The van der Waals surface area contributed by atoms with Crippen molar-refractivity contribution in [2.24, 2.45) is 0 Å². The minimum absolute atomic E-state index is 0.0682. The van der Waals surface area contributed by atoms with Crippen LogP contribution in [0.4, 0.5) is 0 Å². The first-order valence-corrected chi connectivity index (χ1v) is 8.21. The van der Waals surface area contributed by atoms with E-state index in [0.717, 1.165) is 11.1 Å². The summed E-state index contributed by atoms with van der Waals surface area (Å²) in [5, 5.41) is 0. The predicted octanol–water partition coefficient (Wildman–Crippen LogP) is 2.82. The van der Waals surface area contributed by atoms with E-state index < -0.39 is 0 Å². The highest BCUT2D eigenvalue weighted by Gasteiger charge is 2.14. The Morgan fingerprint density at radius 2 is 1.85 bits per heavy atom. The Balaban J connectivity index is 2.01. The van der Waals surface area contributed by atoms with Crippen LogP contribution in [0.15, 0.2) is 42.7 Å². The van der Waals surface area contributed by atoms with Crippen LogP contribution >= 0.6 is 0 Å². The molecule has 1 aromatic heterocycles. The van der Waals surface area contributed by atoms with Crippen molar-refractivity contribution < 1.29 is 19.0 Å². The van der Waals surface area contributed by atoms with Gasteiger partial charge in [-0.3, -0.25) is 9.78 Å². The number of benzene rings is 1. The Labute approximate surface area is 154 Å². The molecule has 0 saturated heterocycles. The number of carbonyl (C=O) groups excluding carboxylic acids is 1. The standard InChI is InChI=1S/C20H24N2O4/c1-22(19(23)8-7-15-6-5-10-21-14-15)11-9-16-12-17(24-2)20(26-4)18(13-16)25-3/h5-8,10,12-14H,9,11H2,1-4H3. The molecule has 0 saturated carbocycles. The zero-order valence-electron chi connectivity index (χ0n) is 15.6. The molecule has 1 heterocycles. The highest BCUT2D eigenvalue weighted by Crippen LogP contribution is 2.38. The first-order chi connectivity index (χ1) is 12.6. The number of likely N-dealkylation sites (N-methyl/N-ethyl adjacent to an activating group) is 1. The van der Waals surface area contributed by atoms with Gasteiger partial charge in [-0.15, -0.1) is 0 Å². The van der Waals surface area contributed by atoms with Crippen molar-refractivity contribution in [1.82, 2.24) is 9.88 Å². The molecule has 0 bridgehead atoms. The molecule has 0 atom stereocenters. The smallest absolute Gasteiger partial charge is 0.246 e. The highest BCUT2D eigenvalue weighted by molar-refractivity contribution is 5.91. The molecular weight excluding hydrogens is 332 g/mol. The average Bonchev–Trinajstić information content (AvgIpc) is 2.69. The normalized spacial score (nSPS) is 10.6. The van der Waals surface area contributed by atoms with Gasteiger partial charge in [-0.25, -0.2) is 0 Å². The van der Waals surface area contributed by atoms with E-state index >= 15 is 0 Å². The number of amides is 1. The van der Waals surface area contributed by atoms with E-state index in [-0.39, 0.29) is 5.91 Å². The number of nitrogens with zero attached hydrogens (tertiary/aromatic N) is 2. The topological polar surface area (TPSA) is 60.9 Å². The third kappa shape index (κ3) is 4.99. The van der Waals surface area contributed by atoms with E-state index in [1.54, 1.807) is 57.8 Å². The molecule has 0 spiro atoms. The number of aromatic nitrogens is 1. The van der Waals surface area contributed by atoms with E-state index in [2.05, 4.69) is 4.98 Å². The van der Waals surface area contributed by atoms with Gasteiger partial charge in [0.05, 0.1) is 21.3 Å². The van der Waals surface area contributed by atoms with Gasteiger partial charge in [0.2, 0.25) is 11.7 Å². The van der Waals surface area contributed by atoms with Gasteiger partial charge in [-0.1, -0.05) is 6.07 Å². The SMILES string of the molecule is COc1cc(CCN(C)C(=O)C=Cc2cccnc2)cc(OC)c1OC.